The third-order valence-electron chi connectivity index (χ3n) is 6.54. The molecule has 1 atom stereocenters. The monoisotopic (exact) mass is 448 g/mol. The summed E-state index contributed by atoms with van der Waals surface area (Å²) in [5, 5.41) is 0. The molecule has 0 bridgehead atoms. The first-order chi connectivity index (χ1) is 16.2. The fraction of sp³-hybridized carbons (Fsp3) is 0.370. The fourth-order valence-corrected chi connectivity index (χ4v) is 4.71. The van der Waals surface area contributed by atoms with Crippen LogP contribution in [0.25, 0.3) is 0 Å². The summed E-state index contributed by atoms with van der Waals surface area (Å²) < 4.78 is 31.5. The standard InChI is InChI=1S/C27H29FN2O3/c28-23-7-9-24(10-8-23)33-25-16-27(32-20-25)11-14-30(15-12-27)18-22-5-1-2-6-26(22)31-19-21-4-3-13-29-17-21/h1-10,13,17,25H,11-12,14-16,18-20H2. The van der Waals surface area contributed by atoms with Gasteiger partial charge < -0.3 is 14.2 Å². The van der Waals surface area contributed by atoms with Gasteiger partial charge >= 0.3 is 0 Å². The van der Waals surface area contributed by atoms with Gasteiger partial charge in [-0.25, -0.2) is 4.39 Å². The Bertz CT molecular complexity index is 1040. The van der Waals surface area contributed by atoms with E-state index in [9.17, 15) is 4.39 Å². The highest BCUT2D eigenvalue weighted by Gasteiger charge is 2.43. The molecular weight excluding hydrogens is 419 g/mol. The predicted octanol–water partition coefficient (Wildman–Crippen LogP) is 5.00. The molecule has 1 aromatic heterocycles. The van der Waals surface area contributed by atoms with Crippen LogP contribution in [0.15, 0.2) is 73.1 Å². The number of halogens is 1. The van der Waals surface area contributed by atoms with Crippen LogP contribution in [0.2, 0.25) is 0 Å². The molecule has 6 heteroatoms. The van der Waals surface area contributed by atoms with Crippen molar-refractivity contribution in [2.24, 2.45) is 0 Å². The van der Waals surface area contributed by atoms with Crippen molar-refractivity contribution in [2.75, 3.05) is 19.7 Å². The lowest BCUT2D eigenvalue weighted by atomic mass is 9.88. The van der Waals surface area contributed by atoms with Gasteiger partial charge in [-0.05, 0) is 49.2 Å². The van der Waals surface area contributed by atoms with Crippen LogP contribution in [0.5, 0.6) is 11.5 Å². The Kier molecular flexibility index (Phi) is 6.55. The van der Waals surface area contributed by atoms with Crippen LogP contribution in [-0.4, -0.2) is 41.3 Å². The average Bonchev–Trinajstić information content (AvgIpc) is 3.24. The molecule has 1 unspecified atom stereocenters. The SMILES string of the molecule is Fc1ccc(OC2COC3(CCN(Cc4ccccc4OCc4cccnc4)CC3)C2)cc1. The van der Waals surface area contributed by atoms with Gasteiger partial charge in [-0.2, -0.15) is 0 Å². The van der Waals surface area contributed by atoms with Crippen LogP contribution in [-0.2, 0) is 17.9 Å². The number of ether oxygens (including phenoxy) is 3. The Morgan fingerprint density at radius 3 is 2.64 bits per heavy atom. The number of benzene rings is 2. The molecule has 0 radical (unpaired) electrons. The normalized spacial score (nSPS) is 20.1. The van der Waals surface area contributed by atoms with Gasteiger partial charge in [0.1, 0.15) is 30.0 Å². The zero-order valence-electron chi connectivity index (χ0n) is 18.7. The second kappa shape index (κ2) is 9.89. The molecule has 2 aliphatic rings. The topological polar surface area (TPSA) is 43.8 Å². The molecule has 2 saturated heterocycles. The second-order valence-electron chi connectivity index (χ2n) is 8.93. The minimum Gasteiger partial charge on any atom is -0.489 e. The number of nitrogens with zero attached hydrogens (tertiary/aromatic N) is 2. The van der Waals surface area contributed by atoms with E-state index in [0.29, 0.717) is 19.0 Å². The van der Waals surface area contributed by atoms with Gasteiger partial charge in [0.2, 0.25) is 0 Å². The summed E-state index contributed by atoms with van der Waals surface area (Å²) in [5.41, 5.74) is 2.14. The molecule has 2 aliphatic heterocycles. The van der Waals surface area contributed by atoms with Gasteiger partial charge in [-0.1, -0.05) is 24.3 Å². The molecule has 5 rings (SSSR count). The van der Waals surface area contributed by atoms with E-state index in [4.69, 9.17) is 14.2 Å². The number of aromatic nitrogens is 1. The van der Waals surface area contributed by atoms with E-state index in [1.807, 2.05) is 30.5 Å². The molecular formula is C27H29FN2O3. The van der Waals surface area contributed by atoms with Crippen LogP contribution in [0.4, 0.5) is 4.39 Å². The van der Waals surface area contributed by atoms with Gasteiger partial charge in [0.25, 0.3) is 0 Å². The van der Waals surface area contributed by atoms with Crippen molar-refractivity contribution < 1.29 is 18.6 Å². The predicted molar refractivity (Wildman–Crippen MR) is 124 cm³/mol. The summed E-state index contributed by atoms with van der Waals surface area (Å²) in [5.74, 6) is 1.37. The van der Waals surface area contributed by atoms with Gasteiger partial charge in [-0.15, -0.1) is 0 Å². The third kappa shape index (κ3) is 5.52. The first-order valence-corrected chi connectivity index (χ1v) is 11.6. The summed E-state index contributed by atoms with van der Waals surface area (Å²) in [6.07, 6.45) is 6.46. The van der Waals surface area contributed by atoms with E-state index in [-0.39, 0.29) is 17.5 Å². The maximum absolute atomic E-state index is 13.1. The molecule has 2 aromatic carbocycles. The fourth-order valence-electron chi connectivity index (χ4n) is 4.71. The largest absolute Gasteiger partial charge is 0.489 e. The maximum atomic E-state index is 13.1. The molecule has 33 heavy (non-hydrogen) atoms. The van der Waals surface area contributed by atoms with Crippen molar-refractivity contribution >= 4 is 0 Å². The summed E-state index contributed by atoms with van der Waals surface area (Å²) >= 11 is 0. The van der Waals surface area contributed by atoms with Crippen molar-refractivity contribution in [1.82, 2.24) is 9.88 Å². The molecule has 1 spiro atoms. The molecule has 0 N–H and O–H groups in total. The molecule has 0 amide bonds. The van der Waals surface area contributed by atoms with Gasteiger partial charge in [0, 0.05) is 49.6 Å². The second-order valence-corrected chi connectivity index (χ2v) is 8.93. The highest BCUT2D eigenvalue weighted by Crippen LogP contribution is 2.38. The molecule has 3 aromatic rings. The van der Waals surface area contributed by atoms with E-state index in [2.05, 4.69) is 22.0 Å². The van der Waals surface area contributed by atoms with Crippen LogP contribution in [0.1, 0.15) is 30.4 Å². The average molecular weight is 449 g/mol. The highest BCUT2D eigenvalue weighted by molar-refractivity contribution is 5.33. The first-order valence-electron chi connectivity index (χ1n) is 11.6. The number of likely N-dealkylation sites (tertiary alicyclic amines) is 1. The lowest BCUT2D eigenvalue weighted by molar-refractivity contribution is -0.0455. The Balaban J connectivity index is 1.13. The van der Waals surface area contributed by atoms with Gasteiger partial charge in [0.15, 0.2) is 0 Å². The van der Waals surface area contributed by atoms with Crippen LogP contribution in [0, 0.1) is 5.82 Å². The van der Waals surface area contributed by atoms with Crippen LogP contribution in [0.3, 0.4) is 0 Å². The van der Waals surface area contributed by atoms with E-state index < -0.39 is 0 Å². The Hall–Kier alpha value is -2.96. The minimum atomic E-state index is -0.252. The maximum Gasteiger partial charge on any atom is 0.125 e. The van der Waals surface area contributed by atoms with Crippen LogP contribution >= 0.6 is 0 Å². The van der Waals surface area contributed by atoms with Crippen molar-refractivity contribution in [2.45, 2.75) is 44.1 Å². The highest BCUT2D eigenvalue weighted by atomic mass is 19.1. The van der Waals surface area contributed by atoms with Crippen molar-refractivity contribution in [3.05, 3.63) is 90.0 Å². The molecule has 5 nitrogen and oxygen atoms in total. The Morgan fingerprint density at radius 1 is 1.03 bits per heavy atom. The van der Waals surface area contributed by atoms with E-state index in [1.54, 1.807) is 18.3 Å². The Morgan fingerprint density at radius 2 is 1.85 bits per heavy atom. The van der Waals surface area contributed by atoms with Crippen molar-refractivity contribution in [1.29, 1.82) is 0 Å². The van der Waals surface area contributed by atoms with Gasteiger partial charge in [0.05, 0.1) is 12.2 Å². The number of piperidine rings is 1. The first kappa shape index (κ1) is 21.9. The van der Waals surface area contributed by atoms with E-state index in [0.717, 1.165) is 50.2 Å². The zero-order valence-corrected chi connectivity index (χ0v) is 18.7. The molecule has 2 fully saturated rings. The van der Waals surface area contributed by atoms with E-state index in [1.165, 1.54) is 17.7 Å². The lowest BCUT2D eigenvalue weighted by Gasteiger charge is -2.38. The summed E-state index contributed by atoms with van der Waals surface area (Å²) in [7, 11) is 0. The van der Waals surface area contributed by atoms with Crippen LogP contribution < -0.4 is 9.47 Å². The molecule has 3 heterocycles. The lowest BCUT2D eigenvalue weighted by Crippen LogP contribution is -2.44. The molecule has 0 saturated carbocycles. The number of hydrogen-bond acceptors (Lipinski definition) is 5. The quantitative estimate of drug-likeness (QED) is 0.509. The Labute approximate surface area is 194 Å². The number of rotatable bonds is 7. The van der Waals surface area contributed by atoms with E-state index >= 15 is 0 Å². The summed E-state index contributed by atoms with van der Waals surface area (Å²) in [6.45, 7) is 3.90. The molecule has 0 aliphatic carbocycles. The number of pyridine rings is 1. The summed E-state index contributed by atoms with van der Waals surface area (Å²) in [4.78, 5) is 6.62. The third-order valence-corrected chi connectivity index (χ3v) is 6.54. The minimum absolute atomic E-state index is 0.0172. The summed E-state index contributed by atoms with van der Waals surface area (Å²) in [6, 6.07) is 18.4. The number of hydrogen-bond donors (Lipinski definition) is 0. The smallest absolute Gasteiger partial charge is 0.125 e. The zero-order chi connectivity index (χ0) is 22.5. The van der Waals surface area contributed by atoms with Gasteiger partial charge in [-0.3, -0.25) is 9.88 Å². The molecule has 172 valence electrons. The van der Waals surface area contributed by atoms with Crippen molar-refractivity contribution in [3.63, 3.8) is 0 Å². The number of para-hydroxylation sites is 1. The van der Waals surface area contributed by atoms with Crippen molar-refractivity contribution in [3.8, 4) is 11.5 Å².